The molecule has 0 N–H and O–H groups in total. The lowest BCUT2D eigenvalue weighted by Crippen LogP contribution is -2.11. The number of nitrogens with zero attached hydrogens (tertiary/aromatic N) is 2. The van der Waals surface area contributed by atoms with Crippen LogP contribution >= 0.6 is 27.5 Å². The molecule has 114 valence electrons. The molecule has 0 bridgehead atoms. The molecule has 1 aliphatic carbocycles. The van der Waals surface area contributed by atoms with Crippen molar-refractivity contribution < 1.29 is 9.13 Å². The van der Waals surface area contributed by atoms with E-state index in [2.05, 4.69) is 20.9 Å². The Morgan fingerprint density at radius 3 is 2.95 bits per heavy atom. The van der Waals surface area contributed by atoms with Crippen molar-refractivity contribution in [2.45, 2.75) is 25.8 Å². The van der Waals surface area contributed by atoms with Crippen molar-refractivity contribution in [3.05, 3.63) is 28.2 Å². The van der Waals surface area contributed by atoms with Gasteiger partial charge in [0.2, 0.25) is 0 Å². The van der Waals surface area contributed by atoms with Crippen LogP contribution in [0.1, 0.15) is 18.7 Å². The number of aromatic nitrogens is 2. The van der Waals surface area contributed by atoms with Crippen molar-refractivity contribution in [1.82, 2.24) is 9.55 Å². The van der Waals surface area contributed by atoms with E-state index < -0.39 is 0 Å². The maximum atomic E-state index is 13.8. The SMILES string of the molecule is Fc1cc2c(cc1Br)nc(CCCl)n2CCOCC1CC1. The van der Waals surface area contributed by atoms with Crippen LogP contribution in [-0.2, 0) is 17.7 Å². The molecular formula is C15H17BrClFN2O. The minimum Gasteiger partial charge on any atom is -0.379 e. The summed E-state index contributed by atoms with van der Waals surface area (Å²) in [5.41, 5.74) is 1.58. The Kier molecular flexibility index (Phi) is 4.82. The van der Waals surface area contributed by atoms with E-state index in [1.54, 1.807) is 6.07 Å². The van der Waals surface area contributed by atoms with E-state index in [-0.39, 0.29) is 5.82 Å². The molecule has 2 aromatic rings. The van der Waals surface area contributed by atoms with Crippen LogP contribution < -0.4 is 0 Å². The second-order valence-electron chi connectivity index (χ2n) is 5.39. The molecule has 0 aliphatic heterocycles. The maximum Gasteiger partial charge on any atom is 0.139 e. The number of halogens is 3. The van der Waals surface area contributed by atoms with E-state index in [9.17, 15) is 4.39 Å². The molecule has 1 heterocycles. The fourth-order valence-electron chi connectivity index (χ4n) is 2.39. The number of hydrogen-bond donors (Lipinski definition) is 0. The first-order valence-corrected chi connectivity index (χ1v) is 8.49. The lowest BCUT2D eigenvalue weighted by molar-refractivity contribution is 0.117. The van der Waals surface area contributed by atoms with E-state index in [0.29, 0.717) is 29.9 Å². The summed E-state index contributed by atoms with van der Waals surface area (Å²) in [5.74, 6) is 1.85. The van der Waals surface area contributed by atoms with Gasteiger partial charge in [0.1, 0.15) is 11.6 Å². The third-order valence-corrected chi connectivity index (χ3v) is 4.49. The molecule has 1 saturated carbocycles. The number of imidazole rings is 1. The van der Waals surface area contributed by atoms with E-state index in [4.69, 9.17) is 16.3 Å². The van der Waals surface area contributed by atoms with Gasteiger partial charge in [0, 0.05) is 31.5 Å². The quantitative estimate of drug-likeness (QED) is 0.537. The van der Waals surface area contributed by atoms with Gasteiger partial charge in [-0.25, -0.2) is 9.37 Å². The van der Waals surface area contributed by atoms with Crippen molar-refractivity contribution in [3.63, 3.8) is 0 Å². The summed E-state index contributed by atoms with van der Waals surface area (Å²) in [4.78, 5) is 4.56. The van der Waals surface area contributed by atoms with Crippen LogP contribution in [0.2, 0.25) is 0 Å². The molecule has 1 aromatic carbocycles. The van der Waals surface area contributed by atoms with Crippen LogP contribution in [0.15, 0.2) is 16.6 Å². The zero-order chi connectivity index (χ0) is 14.8. The third kappa shape index (κ3) is 3.58. The van der Waals surface area contributed by atoms with Crippen LogP contribution in [0.3, 0.4) is 0 Å². The number of alkyl halides is 1. The smallest absolute Gasteiger partial charge is 0.139 e. The molecule has 1 fully saturated rings. The highest BCUT2D eigenvalue weighted by molar-refractivity contribution is 9.10. The van der Waals surface area contributed by atoms with Gasteiger partial charge in [-0.3, -0.25) is 0 Å². The van der Waals surface area contributed by atoms with Gasteiger partial charge in [-0.1, -0.05) is 0 Å². The molecule has 0 radical (unpaired) electrons. The summed E-state index contributed by atoms with van der Waals surface area (Å²) < 4.78 is 21.9. The Morgan fingerprint density at radius 1 is 1.43 bits per heavy atom. The maximum absolute atomic E-state index is 13.8. The van der Waals surface area contributed by atoms with E-state index >= 15 is 0 Å². The number of benzene rings is 1. The van der Waals surface area contributed by atoms with Crippen molar-refractivity contribution in [1.29, 1.82) is 0 Å². The Morgan fingerprint density at radius 2 is 2.24 bits per heavy atom. The van der Waals surface area contributed by atoms with Gasteiger partial charge in [-0.15, -0.1) is 11.6 Å². The molecule has 0 amide bonds. The fraction of sp³-hybridized carbons (Fsp3) is 0.533. The molecule has 0 spiro atoms. The highest BCUT2D eigenvalue weighted by Gasteiger charge is 2.21. The summed E-state index contributed by atoms with van der Waals surface area (Å²) in [5, 5.41) is 0. The monoisotopic (exact) mass is 374 g/mol. The second-order valence-corrected chi connectivity index (χ2v) is 6.62. The predicted molar refractivity (Wildman–Crippen MR) is 85.4 cm³/mol. The predicted octanol–water partition coefficient (Wildman–Crippen LogP) is 4.15. The number of aryl methyl sites for hydroxylation is 1. The van der Waals surface area contributed by atoms with Crippen LogP contribution in [0, 0.1) is 11.7 Å². The zero-order valence-electron chi connectivity index (χ0n) is 11.6. The van der Waals surface area contributed by atoms with Crippen molar-refractivity contribution >= 4 is 38.6 Å². The highest BCUT2D eigenvalue weighted by atomic mass is 79.9. The molecule has 1 aromatic heterocycles. The first kappa shape index (κ1) is 15.3. The summed E-state index contributed by atoms with van der Waals surface area (Å²) in [6.45, 7) is 2.13. The summed E-state index contributed by atoms with van der Waals surface area (Å²) in [6, 6.07) is 3.23. The van der Waals surface area contributed by atoms with Gasteiger partial charge in [-0.2, -0.15) is 0 Å². The second kappa shape index (κ2) is 6.63. The Balaban J connectivity index is 1.81. The largest absolute Gasteiger partial charge is 0.379 e. The molecule has 0 unspecified atom stereocenters. The first-order valence-electron chi connectivity index (χ1n) is 7.17. The highest BCUT2D eigenvalue weighted by Crippen LogP contribution is 2.29. The van der Waals surface area contributed by atoms with Crippen molar-refractivity contribution in [2.75, 3.05) is 19.1 Å². The fourth-order valence-corrected chi connectivity index (χ4v) is 2.89. The van der Waals surface area contributed by atoms with E-state index in [0.717, 1.165) is 29.4 Å². The molecule has 3 rings (SSSR count). The Bertz CT molecular complexity index is 642. The van der Waals surface area contributed by atoms with E-state index in [1.165, 1.54) is 18.9 Å². The minimum absolute atomic E-state index is 0.278. The lowest BCUT2D eigenvalue weighted by Gasteiger charge is -2.09. The Labute approximate surface area is 136 Å². The third-order valence-electron chi connectivity index (χ3n) is 3.70. The normalized spacial score (nSPS) is 15.0. The average Bonchev–Trinajstić information content (AvgIpc) is 3.22. The lowest BCUT2D eigenvalue weighted by atomic mass is 10.3. The van der Waals surface area contributed by atoms with Crippen LogP contribution in [-0.4, -0.2) is 28.6 Å². The Hall–Kier alpha value is -0.650. The molecular weight excluding hydrogens is 359 g/mol. The van der Waals surface area contributed by atoms with Gasteiger partial charge in [0.25, 0.3) is 0 Å². The summed E-state index contributed by atoms with van der Waals surface area (Å²) in [6.07, 6.45) is 3.23. The summed E-state index contributed by atoms with van der Waals surface area (Å²) >= 11 is 9.04. The molecule has 3 nitrogen and oxygen atoms in total. The van der Waals surface area contributed by atoms with Crippen molar-refractivity contribution in [2.24, 2.45) is 5.92 Å². The van der Waals surface area contributed by atoms with Crippen molar-refractivity contribution in [3.8, 4) is 0 Å². The number of rotatable bonds is 7. The molecule has 0 atom stereocenters. The van der Waals surface area contributed by atoms with Crippen LogP contribution in [0.4, 0.5) is 4.39 Å². The van der Waals surface area contributed by atoms with E-state index in [1.807, 2.05) is 4.57 Å². The van der Waals surface area contributed by atoms with Gasteiger partial charge >= 0.3 is 0 Å². The van der Waals surface area contributed by atoms with Gasteiger partial charge < -0.3 is 9.30 Å². The average molecular weight is 376 g/mol. The topological polar surface area (TPSA) is 27.1 Å². The molecule has 6 heteroatoms. The van der Waals surface area contributed by atoms with Gasteiger partial charge in [0.15, 0.2) is 0 Å². The number of fused-ring (bicyclic) bond motifs is 1. The standard InChI is InChI=1S/C15H17BrClFN2O/c16-11-7-13-14(8-12(11)18)20(15(19-13)3-4-17)5-6-21-9-10-1-2-10/h7-8,10H,1-6,9H2. The zero-order valence-corrected chi connectivity index (χ0v) is 14.0. The van der Waals surface area contributed by atoms with Gasteiger partial charge in [0.05, 0.1) is 22.1 Å². The summed E-state index contributed by atoms with van der Waals surface area (Å²) in [7, 11) is 0. The molecule has 21 heavy (non-hydrogen) atoms. The molecule has 0 saturated heterocycles. The van der Waals surface area contributed by atoms with Crippen LogP contribution in [0.25, 0.3) is 11.0 Å². The number of hydrogen-bond acceptors (Lipinski definition) is 2. The minimum atomic E-state index is -0.278. The number of ether oxygens (including phenoxy) is 1. The first-order chi connectivity index (χ1) is 10.2. The van der Waals surface area contributed by atoms with Crippen LogP contribution in [0.5, 0.6) is 0 Å². The van der Waals surface area contributed by atoms with Gasteiger partial charge in [-0.05, 0) is 40.8 Å². The molecule has 1 aliphatic rings.